The highest BCUT2D eigenvalue weighted by Gasteiger charge is 2.44. The molecule has 33 heavy (non-hydrogen) atoms. The van der Waals surface area contributed by atoms with Gasteiger partial charge in [-0.2, -0.15) is 5.10 Å². The van der Waals surface area contributed by atoms with Crippen molar-refractivity contribution in [3.63, 3.8) is 0 Å². The molecule has 2 aromatic heterocycles. The van der Waals surface area contributed by atoms with E-state index >= 15 is 0 Å². The van der Waals surface area contributed by atoms with Gasteiger partial charge < -0.3 is 15.2 Å². The van der Waals surface area contributed by atoms with E-state index in [1.807, 2.05) is 6.20 Å². The van der Waals surface area contributed by atoms with Crippen molar-refractivity contribution < 1.29 is 18.7 Å². The minimum absolute atomic E-state index is 0.0567. The van der Waals surface area contributed by atoms with Gasteiger partial charge in [0, 0.05) is 40.7 Å². The average Bonchev–Trinajstić information content (AvgIpc) is 3.39. The molecule has 0 spiro atoms. The van der Waals surface area contributed by atoms with Gasteiger partial charge in [0.2, 0.25) is 0 Å². The lowest BCUT2D eigenvalue weighted by atomic mass is 10.1. The Kier molecular flexibility index (Phi) is 6.76. The van der Waals surface area contributed by atoms with E-state index in [1.165, 1.54) is 12.1 Å². The lowest BCUT2D eigenvalue weighted by Gasteiger charge is -2.19. The Morgan fingerprint density at radius 1 is 1.33 bits per heavy atom. The van der Waals surface area contributed by atoms with Gasteiger partial charge in [0.15, 0.2) is 11.6 Å². The molecule has 0 saturated heterocycles. The lowest BCUT2D eigenvalue weighted by Crippen LogP contribution is -2.10. The van der Waals surface area contributed by atoms with Gasteiger partial charge in [0.05, 0.1) is 23.7 Å². The van der Waals surface area contributed by atoms with Gasteiger partial charge in [0.1, 0.15) is 11.9 Å². The monoisotopic (exact) mass is 492 g/mol. The molecule has 1 fully saturated rings. The highest BCUT2D eigenvalue weighted by atomic mass is 35.5. The molecule has 2 heterocycles. The van der Waals surface area contributed by atoms with Crippen LogP contribution >= 0.6 is 23.2 Å². The number of esters is 1. The molecule has 3 aromatic rings. The summed E-state index contributed by atoms with van der Waals surface area (Å²) in [5, 5.41) is 4.59. The zero-order chi connectivity index (χ0) is 23.7. The van der Waals surface area contributed by atoms with Crippen molar-refractivity contribution in [2.45, 2.75) is 32.9 Å². The summed E-state index contributed by atoms with van der Waals surface area (Å²) in [5.74, 6) is -0.0714. The Bertz CT molecular complexity index is 1190. The smallest absolute Gasteiger partial charge is 0.309 e. The second-order valence-corrected chi connectivity index (χ2v) is 8.71. The third kappa shape index (κ3) is 5.07. The topological polar surface area (TPSA) is 92.3 Å². The van der Waals surface area contributed by atoms with E-state index in [0.29, 0.717) is 29.5 Å². The molecule has 2 unspecified atom stereocenters. The third-order valence-electron chi connectivity index (χ3n) is 5.57. The molecule has 1 saturated carbocycles. The number of pyridine rings is 1. The van der Waals surface area contributed by atoms with Crippen molar-refractivity contribution in [2.24, 2.45) is 11.8 Å². The number of benzene rings is 1. The number of hydrogen-bond donors (Lipinski definition) is 1. The molecule has 0 aliphatic heterocycles. The quantitative estimate of drug-likeness (QED) is 0.338. The van der Waals surface area contributed by atoms with E-state index in [2.05, 4.69) is 10.1 Å². The standard InChI is InChI=1S/C23H23Cl2FN4O3/c1-3-32-23(31)16-6-14(16)10-30-11-15(9-29-30)13-7-19(22(27)28-8-13)33-12(2)20-17(24)4-5-18(26)21(20)25/h4-5,7-9,11-12,14,16H,3,6,10H2,1-2H3,(H2,27,28)/t12?,14?,16-/m0/s1. The number of aromatic nitrogens is 3. The van der Waals surface area contributed by atoms with Gasteiger partial charge in [-0.3, -0.25) is 9.48 Å². The SMILES string of the molecule is CCOC(=O)[C@H]1CC1Cn1cc(-c2cnc(N)c(OC(C)c3c(Cl)ccc(F)c3Cl)c2)cn1. The predicted octanol–water partition coefficient (Wildman–Crippen LogP) is 5.31. The van der Waals surface area contributed by atoms with Gasteiger partial charge in [-0.05, 0) is 44.4 Å². The summed E-state index contributed by atoms with van der Waals surface area (Å²) >= 11 is 12.3. The van der Waals surface area contributed by atoms with Crippen LogP contribution < -0.4 is 10.5 Å². The molecule has 2 N–H and O–H groups in total. The van der Waals surface area contributed by atoms with E-state index in [9.17, 15) is 9.18 Å². The summed E-state index contributed by atoms with van der Waals surface area (Å²) in [5.41, 5.74) is 7.89. The zero-order valence-corrected chi connectivity index (χ0v) is 19.6. The number of ether oxygens (including phenoxy) is 2. The summed E-state index contributed by atoms with van der Waals surface area (Å²) < 4.78 is 26.7. The Morgan fingerprint density at radius 3 is 2.88 bits per heavy atom. The van der Waals surface area contributed by atoms with Crippen LogP contribution in [0.25, 0.3) is 11.1 Å². The molecule has 3 atom stereocenters. The van der Waals surface area contributed by atoms with Crippen LogP contribution in [0.2, 0.25) is 10.0 Å². The Hall–Kier alpha value is -2.84. The van der Waals surface area contributed by atoms with Gasteiger partial charge in [-0.25, -0.2) is 9.37 Å². The first-order chi connectivity index (χ1) is 15.8. The van der Waals surface area contributed by atoms with Crippen molar-refractivity contribution in [3.05, 3.63) is 58.2 Å². The van der Waals surface area contributed by atoms with E-state index in [0.717, 1.165) is 17.5 Å². The summed E-state index contributed by atoms with van der Waals surface area (Å²) in [7, 11) is 0. The number of halogens is 3. The van der Waals surface area contributed by atoms with Crippen molar-refractivity contribution >= 4 is 35.0 Å². The Morgan fingerprint density at radius 2 is 2.12 bits per heavy atom. The summed E-state index contributed by atoms with van der Waals surface area (Å²) in [4.78, 5) is 16.0. The molecule has 4 rings (SSSR count). The van der Waals surface area contributed by atoms with Crippen LogP contribution in [-0.4, -0.2) is 27.3 Å². The molecule has 1 aromatic carbocycles. The molecule has 0 radical (unpaired) electrons. The van der Waals surface area contributed by atoms with Crippen LogP contribution in [0.1, 0.15) is 31.9 Å². The van der Waals surface area contributed by atoms with Crippen molar-refractivity contribution in [1.29, 1.82) is 0 Å². The first-order valence-corrected chi connectivity index (χ1v) is 11.3. The largest absolute Gasteiger partial charge is 0.482 e. The van der Waals surface area contributed by atoms with Crippen LogP contribution in [0.5, 0.6) is 5.75 Å². The summed E-state index contributed by atoms with van der Waals surface area (Å²) in [6.07, 6.45) is 5.34. The lowest BCUT2D eigenvalue weighted by molar-refractivity contribution is -0.145. The fourth-order valence-corrected chi connectivity index (χ4v) is 4.39. The van der Waals surface area contributed by atoms with E-state index < -0.39 is 11.9 Å². The van der Waals surface area contributed by atoms with E-state index in [1.54, 1.807) is 37.0 Å². The fourth-order valence-electron chi connectivity index (χ4n) is 3.71. The summed E-state index contributed by atoms with van der Waals surface area (Å²) in [6, 6.07) is 4.36. The van der Waals surface area contributed by atoms with Gasteiger partial charge in [-0.15, -0.1) is 0 Å². The Labute approximate surface area is 200 Å². The maximum absolute atomic E-state index is 13.9. The minimum atomic E-state index is -0.669. The number of hydrogen-bond acceptors (Lipinski definition) is 6. The first kappa shape index (κ1) is 23.3. The maximum Gasteiger partial charge on any atom is 0.309 e. The number of rotatable bonds is 8. The molecule has 1 aliphatic carbocycles. The second-order valence-electron chi connectivity index (χ2n) is 7.93. The molecule has 174 valence electrons. The molecule has 7 nitrogen and oxygen atoms in total. The Balaban J connectivity index is 1.48. The number of nitrogen functional groups attached to an aromatic ring is 1. The number of nitrogens with zero attached hydrogens (tertiary/aromatic N) is 3. The predicted molar refractivity (Wildman–Crippen MR) is 124 cm³/mol. The third-order valence-corrected chi connectivity index (χ3v) is 6.29. The highest BCUT2D eigenvalue weighted by Crippen LogP contribution is 2.41. The number of carbonyl (C=O) groups excluding carboxylic acids is 1. The molecular formula is C23H23Cl2FN4O3. The molecular weight excluding hydrogens is 470 g/mol. The van der Waals surface area contributed by atoms with Gasteiger partial charge >= 0.3 is 5.97 Å². The van der Waals surface area contributed by atoms with Crippen LogP contribution in [0.3, 0.4) is 0 Å². The number of carbonyl (C=O) groups is 1. The maximum atomic E-state index is 13.9. The normalized spacial score (nSPS) is 18.1. The van der Waals surface area contributed by atoms with Crippen LogP contribution in [0, 0.1) is 17.7 Å². The molecule has 10 heteroatoms. The first-order valence-electron chi connectivity index (χ1n) is 10.5. The van der Waals surface area contributed by atoms with E-state index in [4.69, 9.17) is 38.4 Å². The van der Waals surface area contributed by atoms with Crippen molar-refractivity contribution in [3.8, 4) is 16.9 Å². The van der Waals surface area contributed by atoms with Crippen LogP contribution in [0.15, 0.2) is 36.8 Å². The van der Waals surface area contributed by atoms with Crippen LogP contribution in [0.4, 0.5) is 10.2 Å². The minimum Gasteiger partial charge on any atom is -0.482 e. The molecule has 0 bridgehead atoms. The van der Waals surface area contributed by atoms with Crippen molar-refractivity contribution in [1.82, 2.24) is 14.8 Å². The van der Waals surface area contributed by atoms with Gasteiger partial charge in [-0.1, -0.05) is 23.2 Å². The fraction of sp³-hybridized carbons (Fsp3) is 0.348. The number of nitrogens with two attached hydrogens (primary N) is 1. The van der Waals surface area contributed by atoms with Crippen molar-refractivity contribution in [2.75, 3.05) is 12.3 Å². The van der Waals surface area contributed by atoms with Crippen LogP contribution in [-0.2, 0) is 16.1 Å². The average molecular weight is 493 g/mol. The highest BCUT2D eigenvalue weighted by molar-refractivity contribution is 6.36. The molecule has 0 amide bonds. The van der Waals surface area contributed by atoms with E-state index in [-0.39, 0.29) is 28.6 Å². The number of anilines is 1. The second kappa shape index (κ2) is 9.57. The van der Waals surface area contributed by atoms with Gasteiger partial charge in [0.25, 0.3) is 0 Å². The zero-order valence-electron chi connectivity index (χ0n) is 18.1. The molecule has 1 aliphatic rings. The summed E-state index contributed by atoms with van der Waals surface area (Å²) in [6.45, 7) is 4.52.